The van der Waals surface area contributed by atoms with Crippen molar-refractivity contribution in [1.29, 1.82) is 0 Å². The molecule has 8 heteroatoms. The fourth-order valence-electron chi connectivity index (χ4n) is 3.16. The fraction of sp³-hybridized carbons (Fsp3) is 0.333. The first-order valence-electron chi connectivity index (χ1n) is 9.58. The summed E-state index contributed by atoms with van der Waals surface area (Å²) in [6.07, 6.45) is 8.19. The molecule has 1 aliphatic heterocycles. The maximum Gasteiger partial charge on any atom is 0.253 e. The van der Waals surface area contributed by atoms with Crippen molar-refractivity contribution in [2.24, 2.45) is 0 Å². The van der Waals surface area contributed by atoms with Crippen molar-refractivity contribution >= 4 is 21.4 Å². The largest absolute Gasteiger partial charge is 0.348 e. The van der Waals surface area contributed by atoms with E-state index in [-0.39, 0.29) is 11.2 Å². The summed E-state index contributed by atoms with van der Waals surface area (Å²) in [6.45, 7) is 2.22. The highest BCUT2D eigenvalue weighted by molar-refractivity contribution is 7.91. The van der Waals surface area contributed by atoms with Gasteiger partial charge in [0.2, 0.25) is 0 Å². The SMILES string of the molecule is CS(=O)(=O)C1CCNCC1.O=C(NCc1ccccc1)c1ccc2nccn2c1. The van der Waals surface area contributed by atoms with Gasteiger partial charge >= 0.3 is 0 Å². The Balaban J connectivity index is 0.000000204. The molecule has 0 radical (unpaired) electrons. The standard InChI is InChI=1S/C15H13N3O.C6H13NO2S/c19-15(17-10-12-4-2-1-3-5-12)13-6-7-14-16-8-9-18(14)11-13;1-10(8,9)6-2-4-7-5-3-6/h1-9,11H,10H2,(H,17,19);6-7H,2-5H2,1H3. The van der Waals surface area contributed by atoms with Gasteiger partial charge in [0.25, 0.3) is 5.91 Å². The number of imidazole rings is 1. The van der Waals surface area contributed by atoms with E-state index in [1.807, 2.05) is 47.0 Å². The maximum absolute atomic E-state index is 12.0. The molecule has 3 heterocycles. The Bertz CT molecular complexity index is 1040. The van der Waals surface area contributed by atoms with Crippen LogP contribution in [0.5, 0.6) is 0 Å². The van der Waals surface area contributed by atoms with Crippen LogP contribution in [0.1, 0.15) is 28.8 Å². The average Bonchev–Trinajstić information content (AvgIpc) is 3.21. The lowest BCUT2D eigenvalue weighted by Crippen LogP contribution is -2.35. The van der Waals surface area contributed by atoms with E-state index in [0.29, 0.717) is 12.1 Å². The Morgan fingerprint density at radius 3 is 2.55 bits per heavy atom. The van der Waals surface area contributed by atoms with Crippen LogP contribution in [0, 0.1) is 0 Å². The molecule has 0 spiro atoms. The van der Waals surface area contributed by atoms with Crippen molar-refractivity contribution in [3.05, 3.63) is 72.2 Å². The second-order valence-electron chi connectivity index (χ2n) is 7.06. The number of aromatic nitrogens is 2. The van der Waals surface area contributed by atoms with Crippen LogP contribution in [-0.4, -0.2) is 48.3 Å². The first-order valence-corrected chi connectivity index (χ1v) is 11.5. The smallest absolute Gasteiger partial charge is 0.253 e. The van der Waals surface area contributed by atoms with Gasteiger partial charge in [-0.15, -0.1) is 0 Å². The zero-order valence-electron chi connectivity index (χ0n) is 16.4. The lowest BCUT2D eigenvalue weighted by Gasteiger charge is -2.20. The van der Waals surface area contributed by atoms with E-state index in [2.05, 4.69) is 15.6 Å². The van der Waals surface area contributed by atoms with Crippen LogP contribution in [0.25, 0.3) is 5.65 Å². The average molecular weight is 415 g/mol. The van der Waals surface area contributed by atoms with Gasteiger partial charge in [-0.25, -0.2) is 13.4 Å². The number of nitrogens with zero attached hydrogens (tertiary/aromatic N) is 2. The number of rotatable bonds is 4. The summed E-state index contributed by atoms with van der Waals surface area (Å²) in [5, 5.41) is 5.93. The van der Waals surface area contributed by atoms with Gasteiger partial charge in [0, 0.05) is 31.4 Å². The third kappa shape index (κ3) is 6.13. The van der Waals surface area contributed by atoms with Crippen molar-refractivity contribution in [2.45, 2.75) is 24.6 Å². The minimum absolute atomic E-state index is 0.0838. The minimum atomic E-state index is -2.77. The van der Waals surface area contributed by atoms with Crippen LogP contribution in [0.15, 0.2) is 61.1 Å². The number of nitrogens with one attached hydrogen (secondary N) is 2. The van der Waals surface area contributed by atoms with Crippen molar-refractivity contribution in [3.63, 3.8) is 0 Å². The molecular weight excluding hydrogens is 388 g/mol. The summed E-state index contributed by atoms with van der Waals surface area (Å²) in [4.78, 5) is 16.2. The summed E-state index contributed by atoms with van der Waals surface area (Å²) < 4.78 is 23.7. The predicted octanol–water partition coefficient (Wildman–Crippen LogP) is 2.05. The molecule has 7 nitrogen and oxygen atoms in total. The van der Waals surface area contributed by atoms with Crippen LogP contribution in [-0.2, 0) is 16.4 Å². The molecule has 0 unspecified atom stereocenters. The van der Waals surface area contributed by atoms with Crippen LogP contribution in [0.2, 0.25) is 0 Å². The summed E-state index contributed by atoms with van der Waals surface area (Å²) in [7, 11) is -2.77. The fourth-order valence-corrected chi connectivity index (χ4v) is 4.25. The van der Waals surface area contributed by atoms with Crippen molar-refractivity contribution in [3.8, 4) is 0 Å². The van der Waals surface area contributed by atoms with E-state index in [9.17, 15) is 13.2 Å². The molecule has 4 rings (SSSR count). The zero-order valence-corrected chi connectivity index (χ0v) is 17.2. The van der Waals surface area contributed by atoms with Gasteiger partial charge in [0.1, 0.15) is 15.5 Å². The summed E-state index contributed by atoms with van der Waals surface area (Å²) in [5.74, 6) is -0.0838. The highest BCUT2D eigenvalue weighted by Gasteiger charge is 2.22. The van der Waals surface area contributed by atoms with Gasteiger partial charge in [-0.3, -0.25) is 4.79 Å². The summed E-state index contributed by atoms with van der Waals surface area (Å²) in [6, 6.07) is 13.5. The molecule has 1 aliphatic rings. The van der Waals surface area contributed by atoms with E-state index in [0.717, 1.165) is 37.1 Å². The Hall–Kier alpha value is -2.71. The Labute approximate surface area is 171 Å². The molecule has 1 aromatic carbocycles. The monoisotopic (exact) mass is 414 g/mol. The quantitative estimate of drug-likeness (QED) is 0.682. The molecule has 0 atom stereocenters. The third-order valence-electron chi connectivity index (χ3n) is 4.84. The Morgan fingerprint density at radius 2 is 1.90 bits per heavy atom. The van der Waals surface area contributed by atoms with Gasteiger partial charge in [-0.2, -0.15) is 0 Å². The van der Waals surface area contributed by atoms with Crippen LogP contribution in [0.4, 0.5) is 0 Å². The number of pyridine rings is 1. The molecule has 154 valence electrons. The second-order valence-corrected chi connectivity index (χ2v) is 9.38. The molecular formula is C21H26N4O3S. The van der Waals surface area contributed by atoms with Crippen LogP contribution >= 0.6 is 0 Å². The topological polar surface area (TPSA) is 92.6 Å². The van der Waals surface area contributed by atoms with Crippen LogP contribution in [0.3, 0.4) is 0 Å². The lowest BCUT2D eigenvalue weighted by atomic mass is 10.2. The Kier molecular flexibility index (Phi) is 7.00. The van der Waals surface area contributed by atoms with E-state index < -0.39 is 9.84 Å². The first-order chi connectivity index (χ1) is 13.9. The number of carbonyl (C=O) groups excluding carboxylic acids is 1. The number of piperidine rings is 1. The molecule has 2 N–H and O–H groups in total. The summed E-state index contributed by atoms with van der Waals surface area (Å²) in [5.41, 5.74) is 2.54. The van der Waals surface area contributed by atoms with Gasteiger partial charge in [-0.1, -0.05) is 30.3 Å². The zero-order chi connectivity index (χ0) is 20.7. The number of hydrogen-bond donors (Lipinski definition) is 2. The molecule has 29 heavy (non-hydrogen) atoms. The minimum Gasteiger partial charge on any atom is -0.348 e. The van der Waals surface area contributed by atoms with Gasteiger partial charge in [0.15, 0.2) is 0 Å². The van der Waals surface area contributed by atoms with E-state index in [1.54, 1.807) is 18.5 Å². The molecule has 1 fully saturated rings. The molecule has 1 amide bonds. The molecule has 2 aromatic heterocycles. The maximum atomic E-state index is 12.0. The first kappa shape index (κ1) is 21.0. The predicted molar refractivity (Wildman–Crippen MR) is 114 cm³/mol. The van der Waals surface area contributed by atoms with Crippen molar-refractivity contribution < 1.29 is 13.2 Å². The molecule has 0 saturated carbocycles. The highest BCUT2D eigenvalue weighted by atomic mass is 32.2. The van der Waals surface area contributed by atoms with E-state index >= 15 is 0 Å². The summed E-state index contributed by atoms with van der Waals surface area (Å²) >= 11 is 0. The number of hydrogen-bond acceptors (Lipinski definition) is 5. The highest BCUT2D eigenvalue weighted by Crippen LogP contribution is 2.11. The number of benzene rings is 1. The van der Waals surface area contributed by atoms with Gasteiger partial charge < -0.3 is 15.0 Å². The second kappa shape index (κ2) is 9.67. The molecule has 0 aliphatic carbocycles. The molecule has 3 aromatic rings. The van der Waals surface area contributed by atoms with Gasteiger partial charge in [-0.05, 0) is 43.6 Å². The lowest BCUT2D eigenvalue weighted by molar-refractivity contribution is 0.0950. The normalized spacial score (nSPS) is 14.8. The van der Waals surface area contributed by atoms with Crippen LogP contribution < -0.4 is 10.6 Å². The van der Waals surface area contributed by atoms with Crippen molar-refractivity contribution in [1.82, 2.24) is 20.0 Å². The number of carbonyl (C=O) groups is 1. The molecule has 1 saturated heterocycles. The Morgan fingerprint density at radius 1 is 1.17 bits per heavy atom. The molecule has 0 bridgehead atoms. The van der Waals surface area contributed by atoms with E-state index in [4.69, 9.17) is 0 Å². The number of amides is 1. The number of fused-ring (bicyclic) bond motifs is 1. The number of sulfone groups is 1. The third-order valence-corrected chi connectivity index (χ3v) is 6.52. The van der Waals surface area contributed by atoms with Crippen molar-refractivity contribution in [2.75, 3.05) is 19.3 Å². The van der Waals surface area contributed by atoms with E-state index in [1.165, 1.54) is 6.26 Å². The van der Waals surface area contributed by atoms with Gasteiger partial charge in [0.05, 0.1) is 10.8 Å².